The lowest BCUT2D eigenvalue weighted by Gasteiger charge is -2.13. The van der Waals surface area contributed by atoms with Crippen molar-refractivity contribution in [3.05, 3.63) is 77.0 Å². The molecule has 3 heterocycles. The third-order valence-corrected chi connectivity index (χ3v) is 4.11. The van der Waals surface area contributed by atoms with Crippen LogP contribution in [0.15, 0.2) is 48.9 Å². The first-order valence-corrected chi connectivity index (χ1v) is 8.80. The van der Waals surface area contributed by atoms with Crippen molar-refractivity contribution in [3.8, 4) is 11.8 Å². The Kier molecular flexibility index (Phi) is 5.19. The van der Waals surface area contributed by atoms with Crippen molar-refractivity contribution in [2.24, 2.45) is 0 Å². The highest BCUT2D eigenvalue weighted by Crippen LogP contribution is 2.34. The van der Waals surface area contributed by atoms with Crippen LogP contribution >= 0.6 is 11.6 Å². The monoisotopic (exact) mass is 449 g/mol. The summed E-state index contributed by atoms with van der Waals surface area (Å²) in [6.45, 7) is 0. The van der Waals surface area contributed by atoms with E-state index in [2.05, 4.69) is 24.9 Å². The number of hydrogen-bond donors (Lipinski definition) is 0. The Morgan fingerprint density at radius 2 is 1.71 bits per heavy atom. The Labute approximate surface area is 175 Å². The van der Waals surface area contributed by atoms with Gasteiger partial charge in [0.05, 0.1) is 34.5 Å². The van der Waals surface area contributed by atoms with Crippen LogP contribution in [0.25, 0.3) is 10.9 Å². The quantitative estimate of drug-likeness (QED) is 0.331. The normalized spacial score (nSPS) is 11.5. The molecule has 156 valence electrons. The van der Waals surface area contributed by atoms with E-state index >= 15 is 0 Å². The topological polar surface area (TPSA) is 90.8 Å². The second-order valence-electron chi connectivity index (χ2n) is 6.02. The minimum atomic E-state index is -4.92. The van der Waals surface area contributed by atoms with E-state index in [1.165, 1.54) is 30.6 Å². The molecule has 0 amide bonds. The van der Waals surface area contributed by atoms with Crippen LogP contribution in [0, 0.1) is 5.82 Å². The molecule has 0 saturated heterocycles. The molecular weight excluding hydrogens is 442 g/mol. The number of pyridine rings is 1. The standard InChI is InChI=1S/C19H8ClF4N5O2/c20-9-6-26-18(27-7-9)31-13-3-1-2-11-14(13)15(29-17(28-11)19(22,23)24)16(30)12-5-4-10(21)8-25-12/h1-8H. The second kappa shape index (κ2) is 7.84. The number of nitrogens with zero attached hydrogens (tertiary/aromatic N) is 5. The van der Waals surface area contributed by atoms with Crippen LogP contribution in [0.1, 0.15) is 22.0 Å². The maximum atomic E-state index is 13.3. The highest BCUT2D eigenvalue weighted by molar-refractivity contribution is 6.30. The molecule has 12 heteroatoms. The lowest BCUT2D eigenvalue weighted by atomic mass is 10.1. The molecule has 0 aliphatic heterocycles. The summed E-state index contributed by atoms with van der Waals surface area (Å²) < 4.78 is 58.7. The van der Waals surface area contributed by atoms with Gasteiger partial charge in [-0.25, -0.2) is 29.3 Å². The van der Waals surface area contributed by atoms with E-state index in [1.54, 1.807) is 0 Å². The molecule has 3 aromatic heterocycles. The number of benzene rings is 1. The van der Waals surface area contributed by atoms with Crippen molar-refractivity contribution in [1.29, 1.82) is 0 Å². The minimum Gasteiger partial charge on any atom is -0.423 e. The van der Waals surface area contributed by atoms with Crippen molar-refractivity contribution >= 4 is 28.3 Å². The van der Waals surface area contributed by atoms with Crippen LogP contribution < -0.4 is 4.74 Å². The van der Waals surface area contributed by atoms with Gasteiger partial charge in [0.1, 0.15) is 23.0 Å². The first kappa shape index (κ1) is 20.5. The van der Waals surface area contributed by atoms with Gasteiger partial charge in [-0.2, -0.15) is 13.2 Å². The average molecular weight is 450 g/mol. The van der Waals surface area contributed by atoms with Crippen molar-refractivity contribution in [2.45, 2.75) is 6.18 Å². The molecule has 0 spiro atoms. The number of alkyl halides is 3. The van der Waals surface area contributed by atoms with Crippen molar-refractivity contribution in [3.63, 3.8) is 0 Å². The first-order chi connectivity index (χ1) is 14.7. The van der Waals surface area contributed by atoms with Crippen molar-refractivity contribution < 1.29 is 27.1 Å². The van der Waals surface area contributed by atoms with Crippen molar-refractivity contribution in [2.75, 3.05) is 0 Å². The lowest BCUT2D eigenvalue weighted by molar-refractivity contribution is -0.144. The van der Waals surface area contributed by atoms with Crippen LogP contribution in [-0.4, -0.2) is 30.7 Å². The zero-order chi connectivity index (χ0) is 22.2. The molecule has 7 nitrogen and oxygen atoms in total. The zero-order valence-electron chi connectivity index (χ0n) is 15.1. The molecular formula is C19H8ClF4N5O2. The number of carbonyl (C=O) groups is 1. The van der Waals surface area contributed by atoms with Gasteiger partial charge in [-0.1, -0.05) is 17.7 Å². The fourth-order valence-corrected chi connectivity index (χ4v) is 2.71. The molecule has 4 aromatic rings. The molecule has 0 aliphatic carbocycles. The number of hydrogen-bond acceptors (Lipinski definition) is 7. The fraction of sp³-hybridized carbons (Fsp3) is 0.0526. The Morgan fingerprint density at radius 3 is 2.35 bits per heavy atom. The van der Waals surface area contributed by atoms with Gasteiger partial charge in [0.2, 0.25) is 11.6 Å². The summed E-state index contributed by atoms with van der Waals surface area (Å²) in [5.41, 5.74) is -1.15. The minimum absolute atomic E-state index is 0.0704. The molecule has 0 bridgehead atoms. The maximum Gasteiger partial charge on any atom is 0.451 e. The van der Waals surface area contributed by atoms with E-state index in [0.717, 1.165) is 18.3 Å². The largest absolute Gasteiger partial charge is 0.451 e. The number of ether oxygens (including phenoxy) is 1. The highest BCUT2D eigenvalue weighted by Gasteiger charge is 2.37. The third kappa shape index (κ3) is 4.26. The first-order valence-electron chi connectivity index (χ1n) is 8.42. The molecule has 0 fully saturated rings. The number of rotatable bonds is 4. The SMILES string of the molecule is O=C(c1ccc(F)cn1)c1nc(C(F)(F)F)nc2cccc(Oc3ncc(Cl)cn3)c12. The molecule has 0 radical (unpaired) electrons. The summed E-state index contributed by atoms with van der Waals surface area (Å²) >= 11 is 5.73. The second-order valence-corrected chi connectivity index (χ2v) is 6.46. The van der Waals surface area contributed by atoms with Gasteiger partial charge < -0.3 is 4.74 Å². The van der Waals surface area contributed by atoms with Gasteiger partial charge in [0, 0.05) is 0 Å². The predicted molar refractivity (Wildman–Crippen MR) is 99.3 cm³/mol. The molecule has 0 aliphatic rings. The van der Waals surface area contributed by atoms with Gasteiger partial charge in [-0.05, 0) is 24.3 Å². The molecule has 0 saturated carbocycles. The zero-order valence-corrected chi connectivity index (χ0v) is 15.8. The van der Waals surface area contributed by atoms with Crippen LogP contribution in [0.3, 0.4) is 0 Å². The Hall–Kier alpha value is -3.73. The van der Waals surface area contributed by atoms with Crippen LogP contribution in [0.5, 0.6) is 11.8 Å². The Bertz CT molecular complexity index is 1280. The van der Waals surface area contributed by atoms with Gasteiger partial charge in [-0.3, -0.25) is 4.79 Å². The van der Waals surface area contributed by atoms with Crippen LogP contribution in [0.2, 0.25) is 5.02 Å². The van der Waals surface area contributed by atoms with E-state index < -0.39 is 29.3 Å². The summed E-state index contributed by atoms with van der Waals surface area (Å²) in [4.78, 5) is 31.2. The molecule has 0 unspecified atom stereocenters. The average Bonchev–Trinajstić information content (AvgIpc) is 2.74. The number of ketones is 1. The highest BCUT2D eigenvalue weighted by atomic mass is 35.5. The summed E-state index contributed by atoms with van der Waals surface area (Å²) in [5.74, 6) is -3.29. The smallest absolute Gasteiger partial charge is 0.423 e. The fourth-order valence-electron chi connectivity index (χ4n) is 2.61. The summed E-state index contributed by atoms with van der Waals surface area (Å²) in [7, 11) is 0. The Balaban J connectivity index is 1.93. The lowest BCUT2D eigenvalue weighted by Crippen LogP contribution is -2.16. The summed E-state index contributed by atoms with van der Waals surface area (Å²) in [6, 6.07) is 5.83. The van der Waals surface area contributed by atoms with Gasteiger partial charge in [0.25, 0.3) is 0 Å². The number of halogens is 5. The summed E-state index contributed by atoms with van der Waals surface area (Å²) in [5, 5.41) is 0.117. The number of fused-ring (bicyclic) bond motifs is 1. The van der Waals surface area contributed by atoms with E-state index in [9.17, 15) is 22.4 Å². The van der Waals surface area contributed by atoms with E-state index in [4.69, 9.17) is 16.3 Å². The Morgan fingerprint density at radius 1 is 0.968 bits per heavy atom. The molecule has 31 heavy (non-hydrogen) atoms. The van der Waals surface area contributed by atoms with Gasteiger partial charge >= 0.3 is 12.2 Å². The predicted octanol–water partition coefficient (Wildman–Crippen LogP) is 4.65. The van der Waals surface area contributed by atoms with Gasteiger partial charge in [-0.15, -0.1) is 0 Å². The third-order valence-electron chi connectivity index (χ3n) is 3.91. The molecule has 0 N–H and O–H groups in total. The van der Waals surface area contributed by atoms with Crippen molar-refractivity contribution in [1.82, 2.24) is 24.9 Å². The van der Waals surface area contributed by atoms with Crippen LogP contribution in [-0.2, 0) is 6.18 Å². The van der Waals surface area contributed by atoms with E-state index in [0.29, 0.717) is 0 Å². The molecule has 4 rings (SSSR count). The summed E-state index contributed by atoms with van der Waals surface area (Å²) in [6.07, 6.45) is -1.65. The molecule has 1 aromatic carbocycles. The van der Waals surface area contributed by atoms with Gasteiger partial charge in [0.15, 0.2) is 0 Å². The van der Waals surface area contributed by atoms with E-state index in [1.807, 2.05) is 0 Å². The van der Waals surface area contributed by atoms with E-state index in [-0.39, 0.29) is 33.4 Å². The number of aromatic nitrogens is 5. The maximum absolute atomic E-state index is 13.3. The molecule has 0 atom stereocenters. The van der Waals surface area contributed by atoms with Crippen LogP contribution in [0.4, 0.5) is 17.6 Å². The number of carbonyl (C=O) groups excluding carboxylic acids is 1.